The summed E-state index contributed by atoms with van der Waals surface area (Å²) in [6.07, 6.45) is 2.80. The molecule has 0 spiro atoms. The fraction of sp³-hybridized carbons (Fsp3) is 0.474. The molecule has 6 heteroatoms. The standard InChI is InChI=1S/C19H25N3O2S/c1-14(2)12-20-19(25)22-13-17(18(23)21-10-6-3-7-11-21)24-16-9-5-4-8-15(16)22/h4-5,8-9,17H,1,3,6-7,10-13H2,2H3,(H,20,25)/t17-/m1/s1. The summed E-state index contributed by atoms with van der Waals surface area (Å²) in [6.45, 7) is 8.52. The number of para-hydroxylation sites is 2. The highest BCUT2D eigenvalue weighted by atomic mass is 32.1. The Morgan fingerprint density at radius 3 is 2.76 bits per heavy atom. The molecule has 1 aromatic carbocycles. The smallest absolute Gasteiger partial charge is 0.265 e. The lowest BCUT2D eigenvalue weighted by Crippen LogP contribution is -2.54. The maximum Gasteiger partial charge on any atom is 0.265 e. The van der Waals surface area contributed by atoms with Crippen LogP contribution in [-0.2, 0) is 4.79 Å². The zero-order valence-corrected chi connectivity index (χ0v) is 15.5. The molecule has 1 fully saturated rings. The van der Waals surface area contributed by atoms with Crippen LogP contribution >= 0.6 is 12.2 Å². The van der Waals surface area contributed by atoms with Gasteiger partial charge in [-0.1, -0.05) is 24.3 Å². The van der Waals surface area contributed by atoms with Crippen molar-refractivity contribution in [3.05, 3.63) is 36.4 Å². The Morgan fingerprint density at radius 1 is 1.32 bits per heavy atom. The van der Waals surface area contributed by atoms with Gasteiger partial charge in [-0.3, -0.25) is 4.79 Å². The van der Waals surface area contributed by atoms with Crippen molar-refractivity contribution >= 4 is 28.9 Å². The van der Waals surface area contributed by atoms with Crippen molar-refractivity contribution in [3.63, 3.8) is 0 Å². The summed E-state index contributed by atoms with van der Waals surface area (Å²) >= 11 is 5.56. The molecule has 0 radical (unpaired) electrons. The van der Waals surface area contributed by atoms with E-state index in [9.17, 15) is 4.79 Å². The van der Waals surface area contributed by atoms with Gasteiger partial charge in [0, 0.05) is 19.6 Å². The number of anilines is 1. The molecule has 0 aliphatic carbocycles. The third-order valence-electron chi connectivity index (χ3n) is 4.50. The predicted octanol–water partition coefficient (Wildman–Crippen LogP) is 2.72. The number of carbonyl (C=O) groups excluding carboxylic acids is 1. The Labute approximate surface area is 154 Å². The van der Waals surface area contributed by atoms with Crippen LogP contribution in [0.4, 0.5) is 5.69 Å². The number of nitrogens with one attached hydrogen (secondary N) is 1. The van der Waals surface area contributed by atoms with Crippen molar-refractivity contribution in [3.8, 4) is 5.75 Å². The van der Waals surface area contributed by atoms with Crippen LogP contribution in [-0.4, -0.2) is 48.2 Å². The lowest BCUT2D eigenvalue weighted by molar-refractivity contribution is -0.139. The highest BCUT2D eigenvalue weighted by molar-refractivity contribution is 7.80. The molecule has 3 rings (SSSR count). The second-order valence-corrected chi connectivity index (χ2v) is 7.07. The molecule has 1 saturated heterocycles. The van der Waals surface area contributed by atoms with Crippen LogP contribution in [0.3, 0.4) is 0 Å². The Kier molecular flexibility index (Phi) is 5.58. The summed E-state index contributed by atoms with van der Waals surface area (Å²) in [7, 11) is 0. The molecule has 1 atom stereocenters. The van der Waals surface area contributed by atoms with Gasteiger partial charge in [-0.05, 0) is 50.5 Å². The molecule has 0 aromatic heterocycles. The first kappa shape index (κ1) is 17.7. The van der Waals surface area contributed by atoms with E-state index in [0.717, 1.165) is 37.2 Å². The van der Waals surface area contributed by atoms with Gasteiger partial charge in [-0.2, -0.15) is 0 Å². The summed E-state index contributed by atoms with van der Waals surface area (Å²) in [6, 6.07) is 7.71. The number of amides is 1. The average Bonchev–Trinajstić information content (AvgIpc) is 2.65. The zero-order valence-electron chi connectivity index (χ0n) is 14.7. The summed E-state index contributed by atoms with van der Waals surface area (Å²) in [4.78, 5) is 16.8. The van der Waals surface area contributed by atoms with Crippen molar-refractivity contribution < 1.29 is 9.53 Å². The van der Waals surface area contributed by atoms with Crippen LogP contribution in [0.5, 0.6) is 5.75 Å². The molecule has 1 N–H and O–H groups in total. The van der Waals surface area contributed by atoms with Gasteiger partial charge in [-0.15, -0.1) is 0 Å². The van der Waals surface area contributed by atoms with Gasteiger partial charge < -0.3 is 19.9 Å². The molecule has 0 saturated carbocycles. The third-order valence-corrected chi connectivity index (χ3v) is 4.87. The van der Waals surface area contributed by atoms with Crippen LogP contribution in [0, 0.1) is 0 Å². The van der Waals surface area contributed by atoms with E-state index in [1.165, 1.54) is 6.42 Å². The van der Waals surface area contributed by atoms with Crippen molar-refractivity contribution in [2.75, 3.05) is 31.1 Å². The molecular weight excluding hydrogens is 334 g/mol. The Bertz CT molecular complexity index is 670. The maximum absolute atomic E-state index is 12.9. The summed E-state index contributed by atoms with van der Waals surface area (Å²) in [5, 5.41) is 3.80. The number of hydrogen-bond acceptors (Lipinski definition) is 3. The number of benzene rings is 1. The first-order valence-electron chi connectivity index (χ1n) is 8.80. The van der Waals surface area contributed by atoms with E-state index in [2.05, 4.69) is 11.9 Å². The van der Waals surface area contributed by atoms with Gasteiger partial charge in [0.2, 0.25) is 0 Å². The molecular formula is C19H25N3O2S. The molecule has 5 nitrogen and oxygen atoms in total. The van der Waals surface area contributed by atoms with E-state index in [4.69, 9.17) is 17.0 Å². The number of ether oxygens (including phenoxy) is 1. The summed E-state index contributed by atoms with van der Waals surface area (Å²) < 4.78 is 6.02. The van der Waals surface area contributed by atoms with E-state index in [1.54, 1.807) is 0 Å². The van der Waals surface area contributed by atoms with Crippen molar-refractivity contribution in [1.29, 1.82) is 0 Å². The highest BCUT2D eigenvalue weighted by Crippen LogP contribution is 2.33. The minimum atomic E-state index is -0.530. The number of nitrogens with zero attached hydrogens (tertiary/aromatic N) is 2. The fourth-order valence-electron chi connectivity index (χ4n) is 3.20. The van der Waals surface area contributed by atoms with E-state index in [-0.39, 0.29) is 5.91 Å². The van der Waals surface area contributed by atoms with Crippen LogP contribution in [0.1, 0.15) is 26.2 Å². The second kappa shape index (κ2) is 7.87. The summed E-state index contributed by atoms with van der Waals surface area (Å²) in [5.74, 6) is 0.755. The van der Waals surface area contributed by atoms with Crippen molar-refractivity contribution in [2.24, 2.45) is 0 Å². The largest absolute Gasteiger partial charge is 0.476 e. The minimum absolute atomic E-state index is 0.0573. The van der Waals surface area contributed by atoms with Gasteiger partial charge >= 0.3 is 0 Å². The third kappa shape index (κ3) is 4.12. The molecule has 1 amide bonds. The van der Waals surface area contributed by atoms with Crippen LogP contribution < -0.4 is 15.0 Å². The zero-order chi connectivity index (χ0) is 17.8. The fourth-order valence-corrected chi connectivity index (χ4v) is 3.44. The molecule has 25 heavy (non-hydrogen) atoms. The first-order valence-corrected chi connectivity index (χ1v) is 9.21. The van der Waals surface area contributed by atoms with Crippen molar-refractivity contribution in [2.45, 2.75) is 32.3 Å². The van der Waals surface area contributed by atoms with Crippen LogP contribution in [0.2, 0.25) is 0 Å². The van der Waals surface area contributed by atoms with Crippen LogP contribution in [0.15, 0.2) is 36.4 Å². The quantitative estimate of drug-likeness (QED) is 0.664. The summed E-state index contributed by atoms with van der Waals surface area (Å²) in [5.41, 5.74) is 1.90. The molecule has 2 aliphatic heterocycles. The van der Waals surface area contributed by atoms with Crippen LogP contribution in [0.25, 0.3) is 0 Å². The number of fused-ring (bicyclic) bond motifs is 1. The van der Waals surface area contributed by atoms with Gasteiger partial charge in [-0.25, -0.2) is 0 Å². The topological polar surface area (TPSA) is 44.8 Å². The molecule has 0 unspecified atom stereocenters. The van der Waals surface area contributed by atoms with E-state index >= 15 is 0 Å². The van der Waals surface area contributed by atoms with Gasteiger partial charge in [0.1, 0.15) is 5.75 Å². The highest BCUT2D eigenvalue weighted by Gasteiger charge is 2.35. The van der Waals surface area contributed by atoms with Crippen molar-refractivity contribution in [1.82, 2.24) is 10.2 Å². The van der Waals surface area contributed by atoms with E-state index < -0.39 is 6.10 Å². The Hall–Kier alpha value is -2.08. The molecule has 1 aromatic rings. The van der Waals surface area contributed by atoms with Gasteiger partial charge in [0.25, 0.3) is 5.91 Å². The Morgan fingerprint density at radius 2 is 2.04 bits per heavy atom. The number of likely N-dealkylation sites (tertiary alicyclic amines) is 1. The molecule has 0 bridgehead atoms. The first-order chi connectivity index (χ1) is 12.1. The molecule has 2 aliphatic rings. The lowest BCUT2D eigenvalue weighted by Gasteiger charge is -2.38. The second-order valence-electron chi connectivity index (χ2n) is 6.69. The van der Waals surface area contributed by atoms with E-state index in [1.807, 2.05) is 41.0 Å². The van der Waals surface area contributed by atoms with Gasteiger partial charge in [0.05, 0.1) is 12.2 Å². The van der Waals surface area contributed by atoms with E-state index in [0.29, 0.717) is 24.0 Å². The number of carbonyl (C=O) groups is 1. The minimum Gasteiger partial charge on any atom is -0.476 e. The Balaban J connectivity index is 1.78. The lowest BCUT2D eigenvalue weighted by atomic mass is 10.1. The maximum atomic E-state index is 12.9. The monoisotopic (exact) mass is 359 g/mol. The number of hydrogen-bond donors (Lipinski definition) is 1. The molecule has 134 valence electrons. The SMILES string of the molecule is C=C(C)CNC(=S)N1C[C@H](C(=O)N2CCCCC2)Oc2ccccc21. The number of piperidine rings is 1. The number of thiocarbonyl (C=S) groups is 1. The number of rotatable bonds is 3. The normalized spacial score (nSPS) is 19.6. The molecule has 2 heterocycles. The van der Waals surface area contributed by atoms with Gasteiger partial charge in [0.15, 0.2) is 11.2 Å². The average molecular weight is 359 g/mol. The predicted molar refractivity (Wildman–Crippen MR) is 104 cm³/mol.